The van der Waals surface area contributed by atoms with Crippen molar-refractivity contribution in [3.8, 4) is 0 Å². The third kappa shape index (κ3) is 65.9. The highest BCUT2D eigenvalue weighted by atomic mass is 16.8. The Morgan fingerprint density at radius 2 is 0.897 bits per heavy atom. The zero-order chi connectivity index (χ0) is 44.5. The molecule has 0 spiro atoms. The summed E-state index contributed by atoms with van der Waals surface area (Å²) in [5.41, 5.74) is 0. The fraction of sp³-hybridized carbons (Fsp3) is 0.714. The molecule has 0 saturated carbocycles. The predicted octanol–water partition coefficient (Wildman–Crippen LogP) is 0.129. The molecule has 2 heterocycles. The summed E-state index contributed by atoms with van der Waals surface area (Å²) >= 11 is 0. The lowest BCUT2D eigenvalue weighted by Gasteiger charge is -2.10. The lowest BCUT2D eigenvalue weighted by molar-refractivity contribution is -0.164. The summed E-state index contributed by atoms with van der Waals surface area (Å²) in [6.45, 7) is 11.4. The minimum absolute atomic E-state index is 0. The molecule has 2 atom stereocenters. The molecule has 23 nitrogen and oxygen atoms in total. The molecule has 2 saturated heterocycles. The average Bonchev–Trinajstić information content (AvgIpc) is 3.77. The van der Waals surface area contributed by atoms with Crippen LogP contribution >= 0.6 is 0 Å². The number of hydrogen-bond acceptors (Lipinski definition) is 20. The number of rotatable bonds is 12. The van der Waals surface area contributed by atoms with Crippen LogP contribution in [0.25, 0.3) is 0 Å². The number of aliphatic hydroxyl groups is 4. The summed E-state index contributed by atoms with van der Waals surface area (Å²) in [7, 11) is 0. The Morgan fingerprint density at radius 3 is 1.07 bits per heavy atom. The van der Waals surface area contributed by atoms with Crippen molar-refractivity contribution < 1.29 is 112 Å². The van der Waals surface area contributed by atoms with Crippen molar-refractivity contribution in [3.05, 3.63) is 0 Å². The Hall–Kier alpha value is -4.94. The zero-order valence-electron chi connectivity index (χ0n) is 32.0. The number of carbonyl (C=O) groups is 10. The molecule has 2 fully saturated rings. The van der Waals surface area contributed by atoms with Gasteiger partial charge in [-0.05, 0) is 0 Å². The third-order valence-corrected chi connectivity index (χ3v) is 4.32. The molecule has 0 aliphatic carbocycles. The Labute approximate surface area is 339 Å². The van der Waals surface area contributed by atoms with E-state index in [-0.39, 0.29) is 104 Å². The highest BCUT2D eigenvalue weighted by Gasteiger charge is 2.25. The monoisotopic (exact) mass is 856 g/mol. The molecular formula is C35H68O23. The number of carbonyl (C=O) groups excluding carboxylic acids is 7. The predicted molar refractivity (Wildman–Crippen MR) is 203 cm³/mol. The van der Waals surface area contributed by atoms with E-state index in [0.717, 1.165) is 0 Å². The molecule has 7 N–H and O–H groups in total. The number of aliphatic carboxylic acids is 3. The highest BCUT2D eigenvalue weighted by molar-refractivity contribution is 5.74. The van der Waals surface area contributed by atoms with E-state index in [2.05, 4.69) is 18.9 Å². The molecule has 0 radical (unpaired) electrons. The van der Waals surface area contributed by atoms with Gasteiger partial charge in [-0.3, -0.25) is 24.0 Å². The molecule has 2 aliphatic heterocycles. The van der Waals surface area contributed by atoms with Crippen LogP contribution in [0.4, 0.5) is 0 Å². The molecule has 2 unspecified atom stereocenters. The van der Waals surface area contributed by atoms with Gasteiger partial charge >= 0.3 is 41.8 Å². The lowest BCUT2D eigenvalue weighted by Crippen LogP contribution is -2.22. The summed E-state index contributed by atoms with van der Waals surface area (Å²) in [6.07, 6.45) is -0.0296. The Bertz CT molecular complexity index is 1050. The number of cyclic esters (lactones) is 2. The molecule has 0 aromatic rings. The number of esters is 4. The molecule has 2 rings (SSSR count). The van der Waals surface area contributed by atoms with Crippen LogP contribution in [0.5, 0.6) is 0 Å². The Balaban J connectivity index is -0.0000000694. The topological polar surface area (TPSA) is 368 Å². The molecule has 0 aromatic heterocycles. The number of aliphatic hydroxyl groups excluding tert-OH is 4. The normalized spacial score (nSPS) is 13.6. The van der Waals surface area contributed by atoms with Crippen molar-refractivity contribution in [2.75, 3.05) is 52.9 Å². The highest BCUT2D eigenvalue weighted by Crippen LogP contribution is 2.07. The van der Waals surface area contributed by atoms with Gasteiger partial charge in [-0.1, -0.05) is 77.7 Å². The van der Waals surface area contributed by atoms with Crippen molar-refractivity contribution in [1.82, 2.24) is 0 Å². The second kappa shape index (κ2) is 52.1. The van der Waals surface area contributed by atoms with Gasteiger partial charge in [-0.15, -0.1) is 0 Å². The van der Waals surface area contributed by atoms with Gasteiger partial charge in [0.2, 0.25) is 12.6 Å². The van der Waals surface area contributed by atoms with Crippen molar-refractivity contribution >= 4 is 60.6 Å². The van der Waals surface area contributed by atoms with Crippen LogP contribution in [0.2, 0.25) is 0 Å². The van der Waals surface area contributed by atoms with Gasteiger partial charge in [0.05, 0.1) is 36.9 Å². The van der Waals surface area contributed by atoms with Gasteiger partial charge in [0, 0.05) is 0 Å². The van der Waals surface area contributed by atoms with Crippen molar-refractivity contribution in [1.29, 1.82) is 0 Å². The summed E-state index contributed by atoms with van der Waals surface area (Å²) in [5.74, 6) is -4.96. The van der Waals surface area contributed by atoms with Crippen molar-refractivity contribution in [3.63, 3.8) is 0 Å². The largest absolute Gasteiger partial charge is 0.481 e. The first-order chi connectivity index (χ1) is 25.5. The second-order valence-corrected chi connectivity index (χ2v) is 10.6. The van der Waals surface area contributed by atoms with E-state index in [1.807, 2.05) is 0 Å². The van der Waals surface area contributed by atoms with Gasteiger partial charge in [-0.2, -0.15) is 0 Å². The third-order valence-electron chi connectivity index (χ3n) is 4.32. The average molecular weight is 857 g/mol. The maximum absolute atomic E-state index is 11.0. The van der Waals surface area contributed by atoms with Gasteiger partial charge < -0.3 is 73.8 Å². The Kier molecular flexibility index (Phi) is 66.5. The first-order valence-electron chi connectivity index (χ1n) is 15.9. The van der Waals surface area contributed by atoms with E-state index in [4.69, 9.17) is 59.6 Å². The fourth-order valence-corrected chi connectivity index (χ4v) is 1.52. The molecule has 0 amide bonds. The molecule has 0 aromatic carbocycles. The first-order valence-corrected chi connectivity index (χ1v) is 15.9. The standard InChI is InChI=1S/C8H12O5.C6H10O3.C4H6O4.2C4H8O2.C2H4O3.2C2H4O2.3CH4/c1-5(2)8(10)12-4-7-11-3-6(9)13-7;1-5(2)6(8)9-4-3-7;5-1-4-7-2-3(6)8-4;2*1-3(2)4(5)6;3-1-2(4)5;2*3-1-2-4;;;/h5,7H,3-4H2,1-2H3;3,5H,4H2,1-2H3;4-5H,1-2H2;2*3H,1-2H3,(H,5,6);3H,1H2,(H,4,5);2*1,4H,2H2;3*1H4. The van der Waals surface area contributed by atoms with Crippen molar-refractivity contribution in [2.45, 2.75) is 90.2 Å². The minimum atomic E-state index is -1.19. The first kappa shape index (κ1) is 74.1. The summed E-state index contributed by atoms with van der Waals surface area (Å²) in [4.78, 5) is 98.2. The number of ether oxygens (including phenoxy) is 6. The smallest absolute Gasteiger partial charge is 0.334 e. The molecule has 346 valence electrons. The van der Waals surface area contributed by atoms with Gasteiger partial charge in [0.1, 0.15) is 45.6 Å². The maximum atomic E-state index is 11.0. The fourth-order valence-electron chi connectivity index (χ4n) is 1.52. The second-order valence-electron chi connectivity index (χ2n) is 10.6. The van der Waals surface area contributed by atoms with Gasteiger partial charge in [0.25, 0.3) is 0 Å². The number of carboxylic acids is 3. The molecular weight excluding hydrogens is 788 g/mol. The van der Waals surface area contributed by atoms with Crippen molar-refractivity contribution in [2.24, 2.45) is 23.7 Å². The summed E-state index contributed by atoms with van der Waals surface area (Å²) in [5, 5.41) is 54.3. The molecule has 58 heavy (non-hydrogen) atoms. The van der Waals surface area contributed by atoms with E-state index in [1.54, 1.807) is 55.4 Å². The van der Waals surface area contributed by atoms with E-state index in [1.165, 1.54) is 0 Å². The SMILES string of the molecule is C.C.C.CC(C)C(=O)O.CC(C)C(=O)O.CC(C)C(=O)OCC1OCC(=O)O1.CC(C)C(=O)OCC=O.O=C(O)CO.O=C1COC(CO)O1.O=CCO.O=CCO. The van der Waals surface area contributed by atoms with E-state index >= 15 is 0 Å². The van der Waals surface area contributed by atoms with Crippen LogP contribution in [0.3, 0.4) is 0 Å². The number of hydrogen-bond donors (Lipinski definition) is 7. The van der Waals surface area contributed by atoms with Crippen LogP contribution in [-0.2, 0) is 76.4 Å². The molecule has 0 bridgehead atoms. The minimum Gasteiger partial charge on any atom is -0.481 e. The summed E-state index contributed by atoms with van der Waals surface area (Å²) < 4.78 is 27.7. The van der Waals surface area contributed by atoms with Gasteiger partial charge in [-0.25, -0.2) is 14.4 Å². The molecule has 23 heteroatoms. The van der Waals surface area contributed by atoms with Crippen LogP contribution in [0.15, 0.2) is 0 Å². The van der Waals surface area contributed by atoms with E-state index in [9.17, 15) is 33.6 Å². The molecule has 2 aliphatic rings. The zero-order valence-corrected chi connectivity index (χ0v) is 32.0. The van der Waals surface area contributed by atoms with Crippen LogP contribution < -0.4 is 0 Å². The van der Waals surface area contributed by atoms with E-state index in [0.29, 0.717) is 18.9 Å². The lowest BCUT2D eigenvalue weighted by atomic mass is 10.2. The number of aldehydes is 3. The number of carboxylic acid groups (broad SMARTS) is 3. The van der Waals surface area contributed by atoms with Gasteiger partial charge in [0.15, 0.2) is 12.9 Å². The van der Waals surface area contributed by atoms with Crippen LogP contribution in [-0.4, -0.2) is 162 Å². The van der Waals surface area contributed by atoms with E-state index < -0.39 is 49.0 Å². The quantitative estimate of drug-likeness (QED) is 0.0779. The van der Waals surface area contributed by atoms with Crippen LogP contribution in [0, 0.1) is 23.7 Å². The Morgan fingerprint density at radius 1 is 0.603 bits per heavy atom. The van der Waals surface area contributed by atoms with Crippen LogP contribution in [0.1, 0.15) is 77.7 Å². The maximum Gasteiger partial charge on any atom is 0.334 e. The summed E-state index contributed by atoms with van der Waals surface area (Å²) in [6, 6.07) is 0.